The molecule has 0 saturated carbocycles. The Balaban J connectivity index is 2.83. The Hall–Kier alpha value is 0.190. The van der Waals surface area contributed by atoms with E-state index in [1.165, 1.54) is 0 Å². The molecular formula is C4H6N2OS3. The van der Waals surface area contributed by atoms with Crippen LogP contribution in [0.25, 0.3) is 0 Å². The third-order valence-electron chi connectivity index (χ3n) is 1.01. The van der Waals surface area contributed by atoms with E-state index in [4.69, 9.17) is 0 Å². The Morgan fingerprint density at radius 3 is 1.90 bits per heavy atom. The van der Waals surface area contributed by atoms with Gasteiger partial charge in [-0.2, -0.15) is 34.1 Å². The summed E-state index contributed by atoms with van der Waals surface area (Å²) in [7, 11) is 0. The average Bonchev–Trinajstić information content (AvgIpc) is 2.30. The summed E-state index contributed by atoms with van der Waals surface area (Å²) in [6, 6.07) is 0. The fourth-order valence-electron chi connectivity index (χ4n) is 0.555. The van der Waals surface area contributed by atoms with Gasteiger partial charge < -0.3 is 0 Å². The van der Waals surface area contributed by atoms with Crippen molar-refractivity contribution in [2.75, 3.05) is 11.5 Å². The van der Waals surface area contributed by atoms with Gasteiger partial charge in [-0.3, -0.25) is 0 Å². The minimum absolute atomic E-state index is 0.477. The van der Waals surface area contributed by atoms with Crippen molar-refractivity contribution in [1.82, 2.24) is 0 Å². The van der Waals surface area contributed by atoms with E-state index in [-0.39, 0.29) is 0 Å². The molecule has 1 heterocycles. The predicted octanol–water partition coefficient (Wildman–Crippen LogP) is 0.320. The zero-order valence-corrected chi connectivity index (χ0v) is 7.62. The Morgan fingerprint density at radius 1 is 1.20 bits per heavy atom. The molecule has 0 fully saturated rings. The van der Waals surface area contributed by atoms with E-state index in [1.54, 1.807) is 0 Å². The minimum Gasteiger partial charge on any atom is -0.209 e. The van der Waals surface area contributed by atoms with Gasteiger partial charge in [-0.05, 0) is 0 Å². The third-order valence-corrected chi connectivity index (χ3v) is 2.36. The van der Waals surface area contributed by atoms with Gasteiger partial charge in [-0.1, -0.05) is 0 Å². The van der Waals surface area contributed by atoms with E-state index in [0.29, 0.717) is 22.9 Å². The van der Waals surface area contributed by atoms with Gasteiger partial charge in [0.25, 0.3) is 11.2 Å². The first kappa shape index (κ1) is 8.29. The monoisotopic (exact) mass is 194 g/mol. The van der Waals surface area contributed by atoms with Crippen LogP contribution in [-0.4, -0.2) is 27.1 Å². The lowest BCUT2D eigenvalue weighted by molar-refractivity contribution is 0.686. The van der Waals surface area contributed by atoms with Crippen LogP contribution in [0.1, 0.15) is 0 Å². The van der Waals surface area contributed by atoms with Crippen LogP contribution in [0.15, 0.2) is 8.80 Å². The van der Waals surface area contributed by atoms with E-state index in [1.807, 2.05) is 0 Å². The summed E-state index contributed by atoms with van der Waals surface area (Å²) < 4.78 is 18.1. The van der Waals surface area contributed by atoms with Crippen molar-refractivity contribution in [3.63, 3.8) is 0 Å². The summed E-state index contributed by atoms with van der Waals surface area (Å²) in [6.07, 6.45) is 0. The lowest BCUT2D eigenvalue weighted by atomic mass is 10.3. The fraction of sp³-hybridized carbons (Fsp3) is 0.500. The maximum Gasteiger partial charge on any atom is 0.266 e. The molecular weight excluding hydrogens is 188 g/mol. The molecule has 1 rings (SSSR count). The summed E-state index contributed by atoms with van der Waals surface area (Å²) in [5.74, 6) is 0.955. The van der Waals surface area contributed by atoms with Gasteiger partial charge in [0.15, 0.2) is 0 Å². The van der Waals surface area contributed by atoms with Gasteiger partial charge in [0.2, 0.25) is 0 Å². The molecule has 10 heavy (non-hydrogen) atoms. The average molecular weight is 194 g/mol. The number of hydrogen-bond donors (Lipinski definition) is 2. The first-order valence-electron chi connectivity index (χ1n) is 2.57. The highest BCUT2D eigenvalue weighted by molar-refractivity contribution is 7.85. The SMILES string of the molecule is O=S1N=C(CS)C(CS)=N1. The van der Waals surface area contributed by atoms with Gasteiger partial charge in [0, 0.05) is 11.5 Å². The second-order valence-electron chi connectivity index (χ2n) is 1.62. The predicted molar refractivity (Wildman–Crippen MR) is 50.7 cm³/mol. The Bertz CT molecular complexity index is 201. The van der Waals surface area contributed by atoms with Gasteiger partial charge in [-0.25, -0.2) is 4.21 Å². The molecule has 0 aromatic rings. The van der Waals surface area contributed by atoms with Gasteiger partial charge in [0.05, 0.1) is 11.4 Å². The number of thiol groups is 2. The molecule has 0 amide bonds. The highest BCUT2D eigenvalue weighted by Gasteiger charge is 2.14. The Morgan fingerprint density at radius 2 is 1.60 bits per heavy atom. The minimum atomic E-state index is -1.40. The second kappa shape index (κ2) is 3.54. The maximum atomic E-state index is 10.6. The summed E-state index contributed by atoms with van der Waals surface area (Å²) in [6.45, 7) is 0. The van der Waals surface area contributed by atoms with E-state index < -0.39 is 11.2 Å². The normalized spacial score (nSPS) is 19.0. The first-order valence-corrected chi connectivity index (χ1v) is 4.90. The molecule has 0 radical (unpaired) electrons. The third kappa shape index (κ3) is 1.62. The zero-order chi connectivity index (χ0) is 7.56. The Kier molecular flexibility index (Phi) is 2.94. The molecule has 1 aliphatic heterocycles. The Labute approximate surface area is 72.6 Å². The van der Waals surface area contributed by atoms with Crippen LogP contribution in [0.5, 0.6) is 0 Å². The number of rotatable bonds is 2. The molecule has 56 valence electrons. The summed E-state index contributed by atoms with van der Waals surface area (Å²) in [5, 5.41) is 0. The molecule has 1 aliphatic rings. The van der Waals surface area contributed by atoms with Crippen LogP contribution in [0.2, 0.25) is 0 Å². The highest BCUT2D eigenvalue weighted by Crippen LogP contribution is 2.04. The summed E-state index contributed by atoms with van der Waals surface area (Å²) in [5.41, 5.74) is 1.38. The lowest BCUT2D eigenvalue weighted by Crippen LogP contribution is -2.13. The van der Waals surface area contributed by atoms with Crippen molar-refractivity contribution >= 4 is 47.9 Å². The molecule has 0 N–H and O–H groups in total. The van der Waals surface area contributed by atoms with Crippen molar-refractivity contribution in [3.8, 4) is 0 Å². The van der Waals surface area contributed by atoms with Crippen LogP contribution < -0.4 is 0 Å². The molecule has 0 bridgehead atoms. The molecule has 6 heteroatoms. The van der Waals surface area contributed by atoms with Crippen molar-refractivity contribution in [2.45, 2.75) is 0 Å². The molecule has 0 aromatic heterocycles. The van der Waals surface area contributed by atoms with Gasteiger partial charge in [-0.15, -0.1) is 0 Å². The standard InChI is InChI=1S/C4H6N2OS3/c7-10-5-3(1-8)4(2-9)6-10/h8-9H,1-2H2. The number of nitrogens with zero attached hydrogens (tertiary/aromatic N) is 2. The maximum absolute atomic E-state index is 10.6. The number of hydrogen-bond acceptors (Lipinski definition) is 3. The van der Waals surface area contributed by atoms with E-state index in [9.17, 15) is 4.21 Å². The van der Waals surface area contributed by atoms with Gasteiger partial charge >= 0.3 is 0 Å². The second-order valence-corrected chi connectivity index (χ2v) is 3.08. The van der Waals surface area contributed by atoms with Crippen molar-refractivity contribution in [1.29, 1.82) is 0 Å². The first-order chi connectivity index (χ1) is 4.77. The summed E-state index contributed by atoms with van der Waals surface area (Å²) >= 11 is 6.57. The van der Waals surface area contributed by atoms with E-state index >= 15 is 0 Å². The highest BCUT2D eigenvalue weighted by atomic mass is 32.2. The molecule has 0 spiro atoms. The quantitative estimate of drug-likeness (QED) is 0.611. The molecule has 0 atom stereocenters. The van der Waals surface area contributed by atoms with Crippen LogP contribution in [0.3, 0.4) is 0 Å². The van der Waals surface area contributed by atoms with E-state index in [2.05, 4.69) is 34.1 Å². The molecule has 0 saturated heterocycles. The summed E-state index contributed by atoms with van der Waals surface area (Å²) in [4.78, 5) is 0. The van der Waals surface area contributed by atoms with Crippen LogP contribution in [-0.2, 0) is 11.2 Å². The zero-order valence-electron chi connectivity index (χ0n) is 5.02. The molecule has 0 unspecified atom stereocenters. The molecule has 0 aliphatic carbocycles. The van der Waals surface area contributed by atoms with Gasteiger partial charge in [0.1, 0.15) is 0 Å². The smallest absolute Gasteiger partial charge is 0.209 e. The largest absolute Gasteiger partial charge is 0.266 e. The van der Waals surface area contributed by atoms with E-state index in [0.717, 1.165) is 0 Å². The van der Waals surface area contributed by atoms with Crippen LogP contribution in [0.4, 0.5) is 0 Å². The topological polar surface area (TPSA) is 41.8 Å². The van der Waals surface area contributed by atoms with Crippen molar-refractivity contribution in [2.24, 2.45) is 8.80 Å². The molecule has 3 nitrogen and oxygen atoms in total. The lowest BCUT2D eigenvalue weighted by Gasteiger charge is -1.92. The van der Waals surface area contributed by atoms with Crippen molar-refractivity contribution < 1.29 is 4.21 Å². The molecule has 0 aromatic carbocycles. The van der Waals surface area contributed by atoms with Crippen LogP contribution in [0, 0.1) is 0 Å². The van der Waals surface area contributed by atoms with Crippen molar-refractivity contribution in [3.05, 3.63) is 0 Å². The van der Waals surface area contributed by atoms with Crippen LogP contribution >= 0.6 is 25.3 Å². The fourth-order valence-corrected chi connectivity index (χ4v) is 2.01.